The fraction of sp³-hybridized carbons (Fsp3) is 0.643. The number of imidazole rings is 1. The quantitative estimate of drug-likeness (QED) is 0.781. The number of aryl methyl sites for hydroxylation is 2. The van der Waals surface area contributed by atoms with E-state index in [2.05, 4.69) is 4.98 Å². The van der Waals surface area contributed by atoms with E-state index in [0.717, 1.165) is 12.8 Å². The fourth-order valence-electron chi connectivity index (χ4n) is 2.45. The molecule has 0 saturated heterocycles. The average molecular weight is 294 g/mol. The van der Waals surface area contributed by atoms with Crippen molar-refractivity contribution in [1.82, 2.24) is 18.7 Å². The summed E-state index contributed by atoms with van der Waals surface area (Å²) in [5.41, 5.74) is 0.197. The molecule has 0 aliphatic heterocycles. The molecule has 2 aromatic heterocycles. The Morgan fingerprint density at radius 3 is 2.67 bits per heavy atom. The van der Waals surface area contributed by atoms with Crippen molar-refractivity contribution in [3.8, 4) is 0 Å². The summed E-state index contributed by atoms with van der Waals surface area (Å²) in [4.78, 5) is 28.7. The van der Waals surface area contributed by atoms with Crippen LogP contribution in [0.25, 0.3) is 11.2 Å². The van der Waals surface area contributed by atoms with Crippen molar-refractivity contribution in [2.24, 2.45) is 14.1 Å². The number of aromatic nitrogens is 4. The Balaban J connectivity index is 2.26. The summed E-state index contributed by atoms with van der Waals surface area (Å²) in [7, 11) is 3.36. The van der Waals surface area contributed by atoms with Gasteiger partial charge in [0.25, 0.3) is 5.56 Å². The van der Waals surface area contributed by atoms with Crippen LogP contribution in [0.3, 0.4) is 0 Å². The number of hydrogen-bond acceptors (Lipinski definition) is 4. The van der Waals surface area contributed by atoms with Crippen LogP contribution in [-0.4, -0.2) is 29.9 Å². The standard InChI is InChI=1S/C14H22N4O3/c1-4-10(19)7-5-6-8-18-13(20)11-12(15-9-16(11)2)17(3)14(18)21/h9-10,19H,4-8H2,1-3H3. The molecular formula is C14H22N4O3. The normalized spacial score (nSPS) is 13.0. The van der Waals surface area contributed by atoms with Gasteiger partial charge >= 0.3 is 5.69 Å². The molecule has 116 valence electrons. The summed E-state index contributed by atoms with van der Waals surface area (Å²) in [6, 6.07) is 0. The molecule has 0 amide bonds. The van der Waals surface area contributed by atoms with Gasteiger partial charge < -0.3 is 9.67 Å². The van der Waals surface area contributed by atoms with Crippen molar-refractivity contribution in [2.75, 3.05) is 0 Å². The van der Waals surface area contributed by atoms with E-state index in [9.17, 15) is 14.7 Å². The maximum atomic E-state index is 12.4. The van der Waals surface area contributed by atoms with E-state index in [1.807, 2.05) is 6.92 Å². The van der Waals surface area contributed by atoms with Gasteiger partial charge in [-0.25, -0.2) is 9.78 Å². The number of aliphatic hydroxyl groups excluding tert-OH is 1. The third-order valence-corrected chi connectivity index (χ3v) is 3.84. The molecule has 1 unspecified atom stereocenters. The largest absolute Gasteiger partial charge is 0.393 e. The van der Waals surface area contributed by atoms with E-state index in [1.54, 1.807) is 18.7 Å². The maximum absolute atomic E-state index is 12.4. The first-order valence-corrected chi connectivity index (χ1v) is 7.26. The highest BCUT2D eigenvalue weighted by Crippen LogP contribution is 2.06. The summed E-state index contributed by atoms with van der Waals surface area (Å²) in [6.07, 6.45) is 4.13. The van der Waals surface area contributed by atoms with Gasteiger partial charge in [0, 0.05) is 20.6 Å². The molecule has 2 aromatic rings. The van der Waals surface area contributed by atoms with Crippen LogP contribution in [0.5, 0.6) is 0 Å². The van der Waals surface area contributed by atoms with Gasteiger partial charge in [0.1, 0.15) is 0 Å². The first-order chi connectivity index (χ1) is 9.97. The van der Waals surface area contributed by atoms with E-state index in [1.165, 1.54) is 15.5 Å². The molecule has 21 heavy (non-hydrogen) atoms. The van der Waals surface area contributed by atoms with Crippen LogP contribution in [0, 0.1) is 0 Å². The van der Waals surface area contributed by atoms with E-state index in [0.29, 0.717) is 30.6 Å². The van der Waals surface area contributed by atoms with Crippen LogP contribution in [0.4, 0.5) is 0 Å². The molecule has 0 aromatic carbocycles. The predicted octanol–water partition coefficient (Wildman–Crippen LogP) is 0.375. The van der Waals surface area contributed by atoms with Crippen molar-refractivity contribution < 1.29 is 5.11 Å². The lowest BCUT2D eigenvalue weighted by atomic mass is 10.1. The Bertz CT molecular complexity index is 741. The van der Waals surface area contributed by atoms with Gasteiger partial charge in [0.15, 0.2) is 11.2 Å². The second-order valence-corrected chi connectivity index (χ2v) is 5.38. The SMILES string of the molecule is CCC(O)CCCCn1c(=O)c2c(ncn2C)n(C)c1=O. The lowest BCUT2D eigenvalue weighted by Crippen LogP contribution is -2.39. The molecule has 1 N–H and O–H groups in total. The lowest BCUT2D eigenvalue weighted by molar-refractivity contribution is 0.156. The van der Waals surface area contributed by atoms with E-state index >= 15 is 0 Å². The van der Waals surface area contributed by atoms with Crippen molar-refractivity contribution in [3.05, 3.63) is 27.2 Å². The molecule has 2 rings (SSSR count). The van der Waals surface area contributed by atoms with E-state index < -0.39 is 0 Å². The smallest absolute Gasteiger partial charge is 0.332 e. The van der Waals surface area contributed by atoms with Crippen molar-refractivity contribution >= 4 is 11.2 Å². The number of fused-ring (bicyclic) bond motifs is 1. The number of nitrogens with zero attached hydrogens (tertiary/aromatic N) is 4. The minimum absolute atomic E-state index is 0.302. The number of rotatable bonds is 6. The Labute approximate surface area is 122 Å². The zero-order chi connectivity index (χ0) is 15.6. The molecule has 0 aliphatic carbocycles. The van der Waals surface area contributed by atoms with Gasteiger partial charge in [-0.1, -0.05) is 6.92 Å². The van der Waals surface area contributed by atoms with Crippen molar-refractivity contribution in [3.63, 3.8) is 0 Å². The second-order valence-electron chi connectivity index (χ2n) is 5.38. The minimum Gasteiger partial charge on any atom is -0.393 e. The molecule has 0 saturated carbocycles. The summed E-state index contributed by atoms with van der Waals surface area (Å²) in [5.74, 6) is 0. The molecule has 7 heteroatoms. The Morgan fingerprint density at radius 2 is 2.00 bits per heavy atom. The second kappa shape index (κ2) is 6.26. The summed E-state index contributed by atoms with van der Waals surface area (Å²) in [6.45, 7) is 2.30. The maximum Gasteiger partial charge on any atom is 0.332 e. The number of hydrogen-bond donors (Lipinski definition) is 1. The molecule has 1 atom stereocenters. The molecular weight excluding hydrogens is 272 g/mol. The summed E-state index contributed by atoms with van der Waals surface area (Å²) < 4.78 is 4.29. The van der Waals surface area contributed by atoms with Gasteiger partial charge in [0.05, 0.1) is 12.4 Å². The van der Waals surface area contributed by atoms with Crippen molar-refractivity contribution in [1.29, 1.82) is 0 Å². The van der Waals surface area contributed by atoms with Gasteiger partial charge in [-0.05, 0) is 25.7 Å². The average Bonchev–Trinajstić information content (AvgIpc) is 2.86. The molecule has 0 radical (unpaired) electrons. The van der Waals surface area contributed by atoms with Gasteiger partial charge in [-0.3, -0.25) is 13.9 Å². The van der Waals surface area contributed by atoms with Gasteiger partial charge in [-0.2, -0.15) is 0 Å². The van der Waals surface area contributed by atoms with Crippen LogP contribution in [0.15, 0.2) is 15.9 Å². The summed E-state index contributed by atoms with van der Waals surface area (Å²) >= 11 is 0. The third-order valence-electron chi connectivity index (χ3n) is 3.84. The van der Waals surface area contributed by atoms with E-state index in [-0.39, 0.29) is 17.4 Å². The van der Waals surface area contributed by atoms with Crippen LogP contribution in [-0.2, 0) is 20.6 Å². The fourth-order valence-corrected chi connectivity index (χ4v) is 2.45. The highest BCUT2D eigenvalue weighted by atomic mass is 16.3. The number of unbranched alkanes of at least 4 members (excludes halogenated alkanes) is 1. The summed E-state index contributed by atoms with van der Waals surface area (Å²) in [5, 5.41) is 9.51. The molecule has 0 bridgehead atoms. The zero-order valence-corrected chi connectivity index (χ0v) is 12.7. The Hall–Kier alpha value is -1.89. The van der Waals surface area contributed by atoms with E-state index in [4.69, 9.17) is 0 Å². The minimum atomic E-state index is -0.345. The van der Waals surface area contributed by atoms with Crippen LogP contribution < -0.4 is 11.2 Å². The van der Waals surface area contributed by atoms with Crippen molar-refractivity contribution in [2.45, 2.75) is 45.3 Å². The first-order valence-electron chi connectivity index (χ1n) is 7.26. The Kier molecular flexibility index (Phi) is 4.62. The Morgan fingerprint density at radius 1 is 1.29 bits per heavy atom. The third kappa shape index (κ3) is 2.92. The topological polar surface area (TPSA) is 82.1 Å². The van der Waals surface area contributed by atoms with Gasteiger partial charge in [-0.15, -0.1) is 0 Å². The highest BCUT2D eigenvalue weighted by molar-refractivity contribution is 5.69. The molecule has 0 fully saturated rings. The molecule has 0 aliphatic rings. The van der Waals surface area contributed by atoms with Crippen LogP contribution in [0.1, 0.15) is 32.6 Å². The first kappa shape index (κ1) is 15.5. The zero-order valence-electron chi connectivity index (χ0n) is 12.7. The highest BCUT2D eigenvalue weighted by Gasteiger charge is 2.14. The van der Waals surface area contributed by atoms with Gasteiger partial charge in [0.2, 0.25) is 0 Å². The molecule has 2 heterocycles. The predicted molar refractivity (Wildman–Crippen MR) is 80.4 cm³/mol. The molecule has 7 nitrogen and oxygen atoms in total. The van der Waals surface area contributed by atoms with Crippen LogP contribution in [0.2, 0.25) is 0 Å². The monoisotopic (exact) mass is 294 g/mol. The van der Waals surface area contributed by atoms with Crippen LogP contribution >= 0.6 is 0 Å². The molecule has 0 spiro atoms. The lowest BCUT2D eigenvalue weighted by Gasteiger charge is -2.10. The number of aliphatic hydroxyl groups is 1.